The van der Waals surface area contributed by atoms with Gasteiger partial charge in [-0.2, -0.15) is 0 Å². The summed E-state index contributed by atoms with van der Waals surface area (Å²) >= 11 is 0. The normalized spacial score (nSPS) is 13.3. The van der Waals surface area contributed by atoms with Crippen LogP contribution in [-0.4, -0.2) is 22.0 Å². The second-order valence-electron chi connectivity index (χ2n) is 5.68. The molecule has 0 unspecified atom stereocenters. The van der Waals surface area contributed by atoms with E-state index in [9.17, 15) is 9.90 Å². The molecule has 2 rings (SSSR count). The van der Waals surface area contributed by atoms with Gasteiger partial charge in [0.2, 0.25) is 0 Å². The number of aliphatic hydroxyl groups excluding tert-OH is 1. The SMILES string of the molecule is CC[C@@H](CCCc1cccnc1)NC(=O)[C@@H](O)c1ccccc1. The quantitative estimate of drug-likeness (QED) is 0.787. The number of aromatic nitrogens is 1. The average Bonchev–Trinajstić information content (AvgIpc) is 2.61. The molecule has 1 aromatic heterocycles. The van der Waals surface area contributed by atoms with Crippen LogP contribution in [0, 0.1) is 0 Å². The number of nitrogens with one attached hydrogen (secondary N) is 1. The fraction of sp³-hybridized carbons (Fsp3) is 0.368. The summed E-state index contributed by atoms with van der Waals surface area (Å²) in [7, 11) is 0. The Hall–Kier alpha value is -2.20. The molecule has 23 heavy (non-hydrogen) atoms. The van der Waals surface area contributed by atoms with Crippen molar-refractivity contribution in [3.05, 3.63) is 66.0 Å². The Labute approximate surface area is 137 Å². The van der Waals surface area contributed by atoms with Crippen molar-refractivity contribution >= 4 is 5.91 Å². The Morgan fingerprint density at radius 1 is 1.22 bits per heavy atom. The highest BCUT2D eigenvalue weighted by Crippen LogP contribution is 2.14. The molecule has 0 aliphatic carbocycles. The van der Waals surface area contributed by atoms with Gasteiger partial charge in [0, 0.05) is 18.4 Å². The minimum atomic E-state index is -1.11. The number of carbonyl (C=O) groups excluding carboxylic acids is 1. The van der Waals surface area contributed by atoms with E-state index in [0.717, 1.165) is 25.7 Å². The highest BCUT2D eigenvalue weighted by Gasteiger charge is 2.19. The fourth-order valence-corrected chi connectivity index (χ4v) is 2.54. The van der Waals surface area contributed by atoms with Crippen LogP contribution in [-0.2, 0) is 11.2 Å². The maximum Gasteiger partial charge on any atom is 0.253 e. The van der Waals surface area contributed by atoms with Crippen LogP contribution in [0.2, 0.25) is 0 Å². The lowest BCUT2D eigenvalue weighted by Gasteiger charge is -2.19. The van der Waals surface area contributed by atoms with Gasteiger partial charge in [0.1, 0.15) is 0 Å². The van der Waals surface area contributed by atoms with Crippen LogP contribution in [0.5, 0.6) is 0 Å². The molecule has 0 bridgehead atoms. The van der Waals surface area contributed by atoms with E-state index in [0.29, 0.717) is 5.56 Å². The van der Waals surface area contributed by atoms with Gasteiger partial charge in [-0.05, 0) is 42.9 Å². The monoisotopic (exact) mass is 312 g/mol. The molecule has 2 N–H and O–H groups in total. The molecule has 4 nitrogen and oxygen atoms in total. The zero-order chi connectivity index (χ0) is 16.5. The molecule has 0 aliphatic rings. The molecule has 0 radical (unpaired) electrons. The standard InChI is InChI=1S/C19H24N2O2/c1-2-17(12-6-8-15-9-7-13-20-14-15)21-19(23)18(22)16-10-4-3-5-11-16/h3-5,7,9-11,13-14,17-18,22H,2,6,8,12H2,1H3,(H,21,23)/t17-,18-/m0/s1. The zero-order valence-electron chi connectivity index (χ0n) is 13.5. The third-order valence-electron chi connectivity index (χ3n) is 3.94. The predicted molar refractivity (Wildman–Crippen MR) is 90.8 cm³/mol. The number of pyridine rings is 1. The van der Waals surface area contributed by atoms with Crippen molar-refractivity contribution in [3.63, 3.8) is 0 Å². The molecule has 0 fully saturated rings. The Kier molecular flexibility index (Phi) is 6.76. The van der Waals surface area contributed by atoms with Gasteiger partial charge in [0.05, 0.1) is 0 Å². The predicted octanol–water partition coefficient (Wildman–Crippen LogP) is 3.03. The molecule has 1 amide bonds. The Morgan fingerprint density at radius 3 is 2.65 bits per heavy atom. The van der Waals surface area contributed by atoms with Crippen LogP contribution >= 0.6 is 0 Å². The van der Waals surface area contributed by atoms with E-state index in [1.54, 1.807) is 18.3 Å². The number of amides is 1. The van der Waals surface area contributed by atoms with Gasteiger partial charge >= 0.3 is 0 Å². The molecule has 0 spiro atoms. The lowest BCUT2D eigenvalue weighted by molar-refractivity contribution is -0.130. The highest BCUT2D eigenvalue weighted by molar-refractivity contribution is 5.82. The molecular weight excluding hydrogens is 288 g/mol. The summed E-state index contributed by atoms with van der Waals surface area (Å²) < 4.78 is 0. The molecule has 4 heteroatoms. The summed E-state index contributed by atoms with van der Waals surface area (Å²) in [4.78, 5) is 16.3. The van der Waals surface area contributed by atoms with Gasteiger partial charge < -0.3 is 10.4 Å². The van der Waals surface area contributed by atoms with E-state index in [1.807, 2.05) is 37.4 Å². The summed E-state index contributed by atoms with van der Waals surface area (Å²) in [6.07, 6.45) is 6.19. The lowest BCUT2D eigenvalue weighted by Crippen LogP contribution is -2.37. The van der Waals surface area contributed by atoms with Crippen LogP contribution in [0.25, 0.3) is 0 Å². The molecule has 0 aliphatic heterocycles. The first-order valence-electron chi connectivity index (χ1n) is 8.13. The van der Waals surface area contributed by atoms with Crippen LogP contribution in [0.3, 0.4) is 0 Å². The first kappa shape index (κ1) is 17.2. The molecule has 1 heterocycles. The van der Waals surface area contributed by atoms with Crippen molar-refractivity contribution in [3.8, 4) is 0 Å². The smallest absolute Gasteiger partial charge is 0.253 e. The number of hydrogen-bond donors (Lipinski definition) is 2. The van der Waals surface area contributed by atoms with Gasteiger partial charge in [-0.15, -0.1) is 0 Å². The lowest BCUT2D eigenvalue weighted by atomic mass is 10.0. The Bertz CT molecular complexity index is 587. The first-order chi connectivity index (χ1) is 11.2. The van der Waals surface area contributed by atoms with E-state index >= 15 is 0 Å². The summed E-state index contributed by atoms with van der Waals surface area (Å²) in [5, 5.41) is 13.1. The van der Waals surface area contributed by atoms with Crippen molar-refractivity contribution in [2.75, 3.05) is 0 Å². The average molecular weight is 312 g/mol. The Balaban J connectivity index is 1.80. The van der Waals surface area contributed by atoms with Gasteiger partial charge in [-0.25, -0.2) is 0 Å². The number of hydrogen-bond acceptors (Lipinski definition) is 3. The number of aliphatic hydroxyl groups is 1. The largest absolute Gasteiger partial charge is 0.378 e. The molecule has 2 atom stereocenters. The van der Waals surface area contributed by atoms with Crippen LogP contribution in [0.1, 0.15) is 43.4 Å². The third-order valence-corrected chi connectivity index (χ3v) is 3.94. The van der Waals surface area contributed by atoms with E-state index in [1.165, 1.54) is 5.56 Å². The van der Waals surface area contributed by atoms with Crippen molar-refractivity contribution in [2.24, 2.45) is 0 Å². The molecule has 2 aromatic rings. The number of rotatable bonds is 8. The number of carbonyl (C=O) groups is 1. The summed E-state index contributed by atoms with van der Waals surface area (Å²) in [5.74, 6) is -0.329. The number of nitrogens with zero attached hydrogens (tertiary/aromatic N) is 1. The molecule has 122 valence electrons. The summed E-state index contributed by atoms with van der Waals surface area (Å²) in [5.41, 5.74) is 1.83. The fourth-order valence-electron chi connectivity index (χ4n) is 2.54. The highest BCUT2D eigenvalue weighted by atomic mass is 16.3. The first-order valence-corrected chi connectivity index (χ1v) is 8.13. The van der Waals surface area contributed by atoms with Crippen LogP contribution in [0.4, 0.5) is 0 Å². The molecular formula is C19H24N2O2. The van der Waals surface area contributed by atoms with Gasteiger partial charge in [-0.1, -0.05) is 43.3 Å². The van der Waals surface area contributed by atoms with Gasteiger partial charge in [0.25, 0.3) is 5.91 Å². The van der Waals surface area contributed by atoms with Crippen LogP contribution in [0.15, 0.2) is 54.9 Å². The van der Waals surface area contributed by atoms with E-state index < -0.39 is 6.10 Å². The van der Waals surface area contributed by atoms with E-state index in [-0.39, 0.29) is 11.9 Å². The minimum absolute atomic E-state index is 0.0810. The van der Waals surface area contributed by atoms with Crippen molar-refractivity contribution in [1.29, 1.82) is 0 Å². The number of benzene rings is 1. The minimum Gasteiger partial charge on any atom is -0.378 e. The molecule has 1 aromatic carbocycles. The van der Waals surface area contributed by atoms with Crippen molar-refractivity contribution in [2.45, 2.75) is 44.8 Å². The second-order valence-corrected chi connectivity index (χ2v) is 5.68. The summed E-state index contributed by atoms with van der Waals surface area (Å²) in [6.45, 7) is 2.05. The Morgan fingerprint density at radius 2 is 2.00 bits per heavy atom. The van der Waals surface area contributed by atoms with E-state index in [4.69, 9.17) is 0 Å². The topological polar surface area (TPSA) is 62.2 Å². The van der Waals surface area contributed by atoms with Gasteiger partial charge in [0.15, 0.2) is 6.10 Å². The third kappa shape index (κ3) is 5.49. The molecule has 0 saturated carbocycles. The second kappa shape index (κ2) is 9.06. The van der Waals surface area contributed by atoms with Crippen molar-refractivity contribution in [1.82, 2.24) is 10.3 Å². The number of aryl methyl sites for hydroxylation is 1. The molecule has 0 saturated heterocycles. The maximum absolute atomic E-state index is 12.2. The van der Waals surface area contributed by atoms with E-state index in [2.05, 4.69) is 16.4 Å². The summed E-state index contributed by atoms with van der Waals surface area (Å²) in [6, 6.07) is 13.1. The van der Waals surface area contributed by atoms with Crippen molar-refractivity contribution < 1.29 is 9.90 Å². The van der Waals surface area contributed by atoms with Crippen LogP contribution < -0.4 is 5.32 Å². The van der Waals surface area contributed by atoms with Gasteiger partial charge in [-0.3, -0.25) is 9.78 Å². The maximum atomic E-state index is 12.2. The zero-order valence-corrected chi connectivity index (χ0v) is 13.5.